The van der Waals surface area contributed by atoms with Crippen molar-refractivity contribution in [1.29, 1.82) is 0 Å². The number of nitrogens with one attached hydrogen (secondary N) is 2. The molecular weight excluding hydrogens is 352 g/mol. The second-order valence-corrected chi connectivity index (χ2v) is 7.59. The third-order valence-electron chi connectivity index (χ3n) is 5.25. The van der Waals surface area contributed by atoms with Crippen LogP contribution < -0.4 is 10.6 Å². The molecule has 0 bridgehead atoms. The smallest absolute Gasteiger partial charge is 0.220 e. The number of aliphatic hydroxyl groups is 5. The number of hydrogen-bond acceptors (Lipinski definition) is 7. The Labute approximate surface area is 162 Å². The lowest BCUT2D eigenvalue weighted by Crippen LogP contribution is -2.68. The Morgan fingerprint density at radius 1 is 0.963 bits per heavy atom. The van der Waals surface area contributed by atoms with Gasteiger partial charge in [-0.05, 0) is 19.3 Å². The largest absolute Gasteiger partial charge is 0.395 e. The standard InChI is InChI=1S/C19H38N2O6/c1-2-3-4-5-6-8-13(23)9-7-10-16(24)20-11-14-17(25)19(27)18(26)15(12-22)21-14/h13-15,17-19,21-23,25-27H,2-12H2,1H3,(H,20,24)/t13?,14-,15?,17+,18-,19-/m1/s1. The summed E-state index contributed by atoms with van der Waals surface area (Å²) in [4.78, 5) is 11.9. The maximum atomic E-state index is 11.9. The monoisotopic (exact) mass is 390 g/mol. The summed E-state index contributed by atoms with van der Waals surface area (Å²) < 4.78 is 0. The van der Waals surface area contributed by atoms with E-state index in [2.05, 4.69) is 17.6 Å². The van der Waals surface area contributed by atoms with Crippen LogP contribution >= 0.6 is 0 Å². The molecule has 160 valence electrons. The Morgan fingerprint density at radius 2 is 1.59 bits per heavy atom. The first-order valence-electron chi connectivity index (χ1n) is 10.3. The van der Waals surface area contributed by atoms with Crippen LogP contribution in [0, 0.1) is 0 Å². The van der Waals surface area contributed by atoms with Crippen molar-refractivity contribution < 1.29 is 30.3 Å². The lowest BCUT2D eigenvalue weighted by atomic mass is 9.90. The van der Waals surface area contributed by atoms with Crippen LogP contribution in [0.5, 0.6) is 0 Å². The third-order valence-corrected chi connectivity index (χ3v) is 5.25. The molecular formula is C19H38N2O6. The fraction of sp³-hybridized carbons (Fsp3) is 0.947. The fourth-order valence-corrected chi connectivity index (χ4v) is 3.43. The van der Waals surface area contributed by atoms with Crippen molar-refractivity contribution in [3.8, 4) is 0 Å². The molecule has 1 amide bonds. The molecule has 8 heteroatoms. The van der Waals surface area contributed by atoms with E-state index in [1.165, 1.54) is 19.3 Å². The molecule has 0 radical (unpaired) electrons. The van der Waals surface area contributed by atoms with Gasteiger partial charge in [-0.1, -0.05) is 39.0 Å². The zero-order valence-electron chi connectivity index (χ0n) is 16.4. The molecule has 8 nitrogen and oxygen atoms in total. The Kier molecular flexibility index (Phi) is 12.1. The quantitative estimate of drug-likeness (QED) is 0.208. The molecule has 1 saturated heterocycles. The zero-order chi connectivity index (χ0) is 20.2. The van der Waals surface area contributed by atoms with E-state index in [4.69, 9.17) is 0 Å². The highest BCUT2D eigenvalue weighted by atomic mass is 16.4. The summed E-state index contributed by atoms with van der Waals surface area (Å²) in [6.45, 7) is 1.87. The summed E-state index contributed by atoms with van der Waals surface area (Å²) in [5.41, 5.74) is 0. The number of amides is 1. The van der Waals surface area contributed by atoms with Crippen LogP contribution in [0.15, 0.2) is 0 Å². The normalized spacial score (nSPS) is 29.5. The van der Waals surface area contributed by atoms with Gasteiger partial charge in [0, 0.05) is 13.0 Å². The van der Waals surface area contributed by atoms with Gasteiger partial charge in [0.1, 0.15) is 6.10 Å². The minimum Gasteiger partial charge on any atom is -0.395 e. The van der Waals surface area contributed by atoms with Crippen molar-refractivity contribution in [3.05, 3.63) is 0 Å². The number of carbonyl (C=O) groups excluding carboxylic acids is 1. The van der Waals surface area contributed by atoms with E-state index < -0.39 is 30.4 Å². The molecule has 0 aliphatic carbocycles. The van der Waals surface area contributed by atoms with Crippen molar-refractivity contribution in [2.24, 2.45) is 0 Å². The van der Waals surface area contributed by atoms with Crippen LogP contribution in [0.4, 0.5) is 0 Å². The minimum atomic E-state index is -1.38. The van der Waals surface area contributed by atoms with Crippen LogP contribution in [-0.4, -0.2) is 81.1 Å². The van der Waals surface area contributed by atoms with Crippen LogP contribution in [0.25, 0.3) is 0 Å². The van der Waals surface area contributed by atoms with Crippen LogP contribution in [-0.2, 0) is 4.79 Å². The van der Waals surface area contributed by atoms with Crippen molar-refractivity contribution in [2.75, 3.05) is 13.2 Å². The van der Waals surface area contributed by atoms with Gasteiger partial charge in [0.15, 0.2) is 0 Å². The number of unbranched alkanes of at least 4 members (excludes halogenated alkanes) is 4. The highest BCUT2D eigenvalue weighted by Gasteiger charge is 2.41. The van der Waals surface area contributed by atoms with Crippen molar-refractivity contribution >= 4 is 5.91 Å². The Bertz CT molecular complexity index is 410. The first kappa shape index (κ1) is 24.3. The van der Waals surface area contributed by atoms with Gasteiger partial charge in [-0.25, -0.2) is 0 Å². The van der Waals surface area contributed by atoms with E-state index in [-0.39, 0.29) is 31.6 Å². The van der Waals surface area contributed by atoms with Gasteiger partial charge < -0.3 is 36.2 Å². The SMILES string of the molecule is CCCCCCCC(O)CCCC(=O)NC[C@H]1NC(CO)[C@@H](O)[C@H](O)[C@H]1O. The number of rotatable bonds is 13. The molecule has 1 fully saturated rings. The average Bonchev–Trinajstić information content (AvgIpc) is 2.65. The number of carbonyl (C=O) groups is 1. The van der Waals surface area contributed by atoms with Crippen LogP contribution in [0.2, 0.25) is 0 Å². The van der Waals surface area contributed by atoms with E-state index >= 15 is 0 Å². The molecule has 2 unspecified atom stereocenters. The molecule has 0 spiro atoms. The average molecular weight is 391 g/mol. The lowest BCUT2D eigenvalue weighted by Gasteiger charge is -2.41. The maximum absolute atomic E-state index is 11.9. The lowest BCUT2D eigenvalue weighted by molar-refractivity contribution is -0.126. The minimum absolute atomic E-state index is 0.0836. The van der Waals surface area contributed by atoms with Crippen molar-refractivity contribution in [3.63, 3.8) is 0 Å². The molecule has 0 aromatic carbocycles. The third kappa shape index (κ3) is 8.85. The molecule has 6 atom stereocenters. The van der Waals surface area contributed by atoms with E-state index in [1.807, 2.05) is 0 Å². The van der Waals surface area contributed by atoms with Crippen LogP contribution in [0.1, 0.15) is 64.7 Å². The van der Waals surface area contributed by atoms with Crippen molar-refractivity contribution in [2.45, 2.75) is 101 Å². The second-order valence-electron chi connectivity index (χ2n) is 7.59. The summed E-state index contributed by atoms with van der Waals surface area (Å²) in [5.74, 6) is -0.194. The molecule has 1 rings (SSSR count). The van der Waals surface area contributed by atoms with Gasteiger partial charge in [0.2, 0.25) is 5.91 Å². The van der Waals surface area contributed by atoms with Crippen molar-refractivity contribution in [1.82, 2.24) is 10.6 Å². The summed E-state index contributed by atoms with van der Waals surface area (Å²) >= 11 is 0. The Morgan fingerprint density at radius 3 is 2.26 bits per heavy atom. The van der Waals surface area contributed by atoms with Gasteiger partial charge in [0.05, 0.1) is 37.0 Å². The summed E-state index contributed by atoms with van der Waals surface area (Å²) in [7, 11) is 0. The number of hydrogen-bond donors (Lipinski definition) is 7. The van der Waals surface area contributed by atoms with Gasteiger partial charge in [-0.2, -0.15) is 0 Å². The molecule has 0 aromatic rings. The molecule has 1 aliphatic rings. The van der Waals surface area contributed by atoms with Crippen LogP contribution in [0.3, 0.4) is 0 Å². The highest BCUT2D eigenvalue weighted by Crippen LogP contribution is 2.15. The number of piperidine rings is 1. The molecule has 7 N–H and O–H groups in total. The van der Waals surface area contributed by atoms with Gasteiger partial charge in [-0.3, -0.25) is 4.79 Å². The van der Waals surface area contributed by atoms with E-state index in [0.29, 0.717) is 12.8 Å². The molecule has 1 aliphatic heterocycles. The number of aliphatic hydroxyl groups excluding tert-OH is 5. The summed E-state index contributed by atoms with van der Waals surface area (Å²) in [6, 6.07) is -1.41. The first-order valence-corrected chi connectivity index (χ1v) is 10.3. The fourth-order valence-electron chi connectivity index (χ4n) is 3.43. The van der Waals surface area contributed by atoms with E-state index in [9.17, 15) is 30.3 Å². The van der Waals surface area contributed by atoms with E-state index in [0.717, 1.165) is 19.3 Å². The molecule has 1 heterocycles. The van der Waals surface area contributed by atoms with Gasteiger partial charge in [0.25, 0.3) is 0 Å². The first-order chi connectivity index (χ1) is 12.9. The Balaban J connectivity index is 2.18. The topological polar surface area (TPSA) is 142 Å². The van der Waals surface area contributed by atoms with E-state index in [1.54, 1.807) is 0 Å². The second kappa shape index (κ2) is 13.4. The highest BCUT2D eigenvalue weighted by molar-refractivity contribution is 5.75. The Hall–Kier alpha value is -0.770. The summed E-state index contributed by atoms with van der Waals surface area (Å²) in [6.07, 6.45) is 3.76. The van der Waals surface area contributed by atoms with Gasteiger partial charge >= 0.3 is 0 Å². The zero-order valence-corrected chi connectivity index (χ0v) is 16.4. The predicted octanol–water partition coefficient (Wildman–Crippen LogP) is -0.590. The maximum Gasteiger partial charge on any atom is 0.220 e. The van der Waals surface area contributed by atoms with Gasteiger partial charge in [-0.15, -0.1) is 0 Å². The predicted molar refractivity (Wildman–Crippen MR) is 102 cm³/mol. The molecule has 0 saturated carbocycles. The molecule has 27 heavy (non-hydrogen) atoms. The summed E-state index contributed by atoms with van der Waals surface area (Å²) in [5, 5.41) is 54.2. The molecule has 0 aromatic heterocycles.